The van der Waals surface area contributed by atoms with Gasteiger partial charge in [0.1, 0.15) is 11.5 Å². The second-order valence-electron chi connectivity index (χ2n) is 4.92. The minimum absolute atomic E-state index is 0.265. The SMILES string of the molecule is Cc1ccc([C@H](CN)N2CCC(C)CC2)o1. The predicted octanol–water partition coefficient (Wildman–Crippen LogP) is 2.32. The van der Waals surface area contributed by atoms with Crippen LogP contribution in [-0.2, 0) is 0 Å². The maximum atomic E-state index is 5.88. The van der Waals surface area contributed by atoms with Crippen LogP contribution in [0.5, 0.6) is 0 Å². The summed E-state index contributed by atoms with van der Waals surface area (Å²) >= 11 is 0. The van der Waals surface area contributed by atoms with Crippen molar-refractivity contribution >= 4 is 0 Å². The van der Waals surface area contributed by atoms with Crippen LogP contribution in [0, 0.1) is 12.8 Å². The Labute approximate surface area is 97.6 Å². The normalized spacial score (nSPS) is 21.2. The highest BCUT2D eigenvalue weighted by Gasteiger charge is 2.25. The highest BCUT2D eigenvalue weighted by Crippen LogP contribution is 2.26. The van der Waals surface area contributed by atoms with E-state index in [1.165, 1.54) is 12.8 Å². The topological polar surface area (TPSA) is 42.4 Å². The van der Waals surface area contributed by atoms with Gasteiger partial charge in [-0.15, -0.1) is 0 Å². The molecular weight excluding hydrogens is 200 g/mol. The number of aryl methyl sites for hydroxylation is 1. The van der Waals surface area contributed by atoms with E-state index in [2.05, 4.69) is 17.9 Å². The Morgan fingerprint density at radius 2 is 2.12 bits per heavy atom. The highest BCUT2D eigenvalue weighted by atomic mass is 16.3. The molecule has 0 unspecified atom stereocenters. The average molecular weight is 222 g/mol. The van der Waals surface area contributed by atoms with E-state index in [0.29, 0.717) is 6.54 Å². The minimum Gasteiger partial charge on any atom is -0.465 e. The molecule has 90 valence electrons. The smallest absolute Gasteiger partial charge is 0.122 e. The monoisotopic (exact) mass is 222 g/mol. The number of hydrogen-bond donors (Lipinski definition) is 1. The van der Waals surface area contributed by atoms with E-state index >= 15 is 0 Å². The molecule has 0 aromatic carbocycles. The van der Waals surface area contributed by atoms with Crippen molar-refractivity contribution < 1.29 is 4.42 Å². The maximum Gasteiger partial charge on any atom is 0.122 e. The summed E-state index contributed by atoms with van der Waals surface area (Å²) in [4.78, 5) is 2.46. The molecule has 1 aromatic rings. The van der Waals surface area contributed by atoms with E-state index in [-0.39, 0.29) is 6.04 Å². The summed E-state index contributed by atoms with van der Waals surface area (Å²) in [7, 11) is 0. The van der Waals surface area contributed by atoms with Crippen molar-refractivity contribution in [1.82, 2.24) is 4.90 Å². The van der Waals surface area contributed by atoms with Crippen molar-refractivity contribution in [3.8, 4) is 0 Å². The summed E-state index contributed by atoms with van der Waals surface area (Å²) in [5.74, 6) is 2.85. The first-order chi connectivity index (χ1) is 7.70. The van der Waals surface area contributed by atoms with E-state index < -0.39 is 0 Å². The van der Waals surface area contributed by atoms with Gasteiger partial charge in [0.05, 0.1) is 6.04 Å². The number of furan rings is 1. The molecule has 0 spiro atoms. The van der Waals surface area contributed by atoms with Gasteiger partial charge in [-0.1, -0.05) is 6.92 Å². The Balaban J connectivity index is 2.05. The minimum atomic E-state index is 0.265. The largest absolute Gasteiger partial charge is 0.465 e. The lowest BCUT2D eigenvalue weighted by atomic mass is 9.97. The Hall–Kier alpha value is -0.800. The number of nitrogens with two attached hydrogens (primary N) is 1. The van der Waals surface area contributed by atoms with Crippen LogP contribution < -0.4 is 5.73 Å². The summed E-state index contributed by atoms with van der Waals surface area (Å²) in [6.45, 7) is 7.23. The number of rotatable bonds is 3. The number of piperidine rings is 1. The molecule has 16 heavy (non-hydrogen) atoms. The molecule has 0 amide bonds. The summed E-state index contributed by atoms with van der Waals surface area (Å²) in [6, 6.07) is 4.34. The molecule has 1 fully saturated rings. The van der Waals surface area contributed by atoms with Crippen LogP contribution in [0.3, 0.4) is 0 Å². The van der Waals surface area contributed by atoms with Gasteiger partial charge in [-0.25, -0.2) is 0 Å². The van der Waals surface area contributed by atoms with Crippen molar-refractivity contribution in [1.29, 1.82) is 0 Å². The van der Waals surface area contributed by atoms with E-state index in [0.717, 1.165) is 30.5 Å². The lowest BCUT2D eigenvalue weighted by Gasteiger charge is -2.35. The predicted molar refractivity (Wildman–Crippen MR) is 65.2 cm³/mol. The first-order valence-corrected chi connectivity index (χ1v) is 6.21. The fourth-order valence-electron chi connectivity index (χ4n) is 2.42. The third-order valence-electron chi connectivity index (χ3n) is 3.57. The molecule has 2 rings (SSSR count). The zero-order valence-electron chi connectivity index (χ0n) is 10.3. The van der Waals surface area contributed by atoms with Gasteiger partial charge in [0.15, 0.2) is 0 Å². The Kier molecular flexibility index (Phi) is 3.66. The first kappa shape index (κ1) is 11.7. The van der Waals surface area contributed by atoms with Gasteiger partial charge in [-0.05, 0) is 50.9 Å². The third kappa shape index (κ3) is 2.47. The van der Waals surface area contributed by atoms with Crippen LogP contribution in [0.15, 0.2) is 16.5 Å². The summed E-state index contributed by atoms with van der Waals surface area (Å²) < 4.78 is 5.69. The number of hydrogen-bond acceptors (Lipinski definition) is 3. The molecule has 1 aliphatic rings. The molecule has 0 radical (unpaired) electrons. The van der Waals surface area contributed by atoms with Crippen molar-refractivity contribution in [3.63, 3.8) is 0 Å². The van der Waals surface area contributed by atoms with Crippen LogP contribution in [0.2, 0.25) is 0 Å². The van der Waals surface area contributed by atoms with E-state index in [4.69, 9.17) is 10.2 Å². The number of nitrogens with zero attached hydrogens (tertiary/aromatic N) is 1. The summed E-state index contributed by atoms with van der Waals surface area (Å²) in [5.41, 5.74) is 5.88. The van der Waals surface area contributed by atoms with Crippen LogP contribution in [0.25, 0.3) is 0 Å². The lowest BCUT2D eigenvalue weighted by molar-refractivity contribution is 0.126. The Bertz CT molecular complexity index is 326. The molecule has 1 atom stereocenters. The van der Waals surface area contributed by atoms with Gasteiger partial charge in [-0.2, -0.15) is 0 Å². The van der Waals surface area contributed by atoms with Gasteiger partial charge in [0.2, 0.25) is 0 Å². The summed E-state index contributed by atoms with van der Waals surface area (Å²) in [6.07, 6.45) is 2.55. The molecule has 0 bridgehead atoms. The second kappa shape index (κ2) is 5.02. The van der Waals surface area contributed by atoms with E-state index in [1.807, 2.05) is 13.0 Å². The number of likely N-dealkylation sites (tertiary alicyclic amines) is 1. The fourth-order valence-corrected chi connectivity index (χ4v) is 2.42. The van der Waals surface area contributed by atoms with Crippen molar-refractivity contribution in [2.75, 3.05) is 19.6 Å². The van der Waals surface area contributed by atoms with Gasteiger partial charge in [-0.3, -0.25) is 4.90 Å². The van der Waals surface area contributed by atoms with Crippen molar-refractivity contribution in [2.24, 2.45) is 11.7 Å². The van der Waals surface area contributed by atoms with Gasteiger partial charge in [0, 0.05) is 6.54 Å². The zero-order chi connectivity index (χ0) is 11.5. The molecule has 1 aliphatic heterocycles. The molecule has 1 saturated heterocycles. The molecule has 0 saturated carbocycles. The van der Waals surface area contributed by atoms with Crippen molar-refractivity contribution in [2.45, 2.75) is 32.7 Å². The maximum absolute atomic E-state index is 5.88. The van der Waals surface area contributed by atoms with Crippen LogP contribution in [0.1, 0.15) is 37.3 Å². The van der Waals surface area contributed by atoms with Crippen LogP contribution in [0.4, 0.5) is 0 Å². The molecule has 1 aromatic heterocycles. The molecule has 0 aliphatic carbocycles. The quantitative estimate of drug-likeness (QED) is 0.853. The zero-order valence-corrected chi connectivity index (χ0v) is 10.3. The van der Waals surface area contributed by atoms with Gasteiger partial charge in [0.25, 0.3) is 0 Å². The first-order valence-electron chi connectivity index (χ1n) is 6.21. The van der Waals surface area contributed by atoms with E-state index in [9.17, 15) is 0 Å². The average Bonchev–Trinajstić information content (AvgIpc) is 2.69. The molecule has 2 N–H and O–H groups in total. The molecular formula is C13H22N2O. The van der Waals surface area contributed by atoms with Gasteiger partial charge >= 0.3 is 0 Å². The third-order valence-corrected chi connectivity index (χ3v) is 3.57. The van der Waals surface area contributed by atoms with Crippen LogP contribution in [-0.4, -0.2) is 24.5 Å². The van der Waals surface area contributed by atoms with E-state index in [1.54, 1.807) is 0 Å². The molecule has 3 nitrogen and oxygen atoms in total. The molecule has 3 heteroatoms. The van der Waals surface area contributed by atoms with Crippen LogP contribution >= 0.6 is 0 Å². The molecule has 2 heterocycles. The standard InChI is InChI=1S/C13H22N2O/c1-10-5-7-15(8-6-10)12(9-14)13-4-3-11(2)16-13/h3-4,10,12H,5-9,14H2,1-2H3/t12-/m0/s1. The lowest BCUT2D eigenvalue weighted by Crippen LogP contribution is -2.39. The highest BCUT2D eigenvalue weighted by molar-refractivity contribution is 5.10. The Morgan fingerprint density at radius 1 is 1.44 bits per heavy atom. The summed E-state index contributed by atoms with van der Waals surface area (Å²) in [5, 5.41) is 0. The van der Waals surface area contributed by atoms with Crippen molar-refractivity contribution in [3.05, 3.63) is 23.7 Å². The fraction of sp³-hybridized carbons (Fsp3) is 0.692. The second-order valence-corrected chi connectivity index (χ2v) is 4.92. The Morgan fingerprint density at radius 3 is 2.62 bits per heavy atom. The van der Waals surface area contributed by atoms with Gasteiger partial charge < -0.3 is 10.2 Å².